The molecule has 2 N–H and O–H groups in total. The Balaban J connectivity index is 1.46. The van der Waals surface area contributed by atoms with Gasteiger partial charge in [0.15, 0.2) is 5.71 Å². The van der Waals surface area contributed by atoms with E-state index >= 15 is 0 Å². The molecule has 2 amide bonds. The largest absolute Gasteiger partial charge is 0.433 e. The molecule has 35 heavy (non-hydrogen) atoms. The second-order valence-corrected chi connectivity index (χ2v) is 8.05. The average molecular weight is 502 g/mol. The van der Waals surface area contributed by atoms with Gasteiger partial charge >= 0.3 is 6.18 Å². The van der Waals surface area contributed by atoms with Crippen molar-refractivity contribution < 1.29 is 22.8 Å². The molecular formula is C24H19ClF3N5O2. The molecule has 11 heteroatoms. The van der Waals surface area contributed by atoms with Crippen molar-refractivity contribution in [1.82, 2.24) is 9.78 Å². The van der Waals surface area contributed by atoms with Gasteiger partial charge in [0.25, 0.3) is 11.8 Å². The van der Waals surface area contributed by atoms with Gasteiger partial charge in [0.05, 0.1) is 21.9 Å². The number of nitrogens with one attached hydrogen (secondary N) is 2. The highest BCUT2D eigenvalue weighted by molar-refractivity contribution is 6.34. The summed E-state index contributed by atoms with van der Waals surface area (Å²) in [5.74, 6) is -0.830. The van der Waals surface area contributed by atoms with Gasteiger partial charge in [-0.1, -0.05) is 41.9 Å². The Hall–Kier alpha value is -3.92. The Morgan fingerprint density at radius 2 is 1.74 bits per heavy atom. The molecule has 0 saturated carbocycles. The van der Waals surface area contributed by atoms with E-state index in [1.807, 2.05) is 0 Å². The zero-order valence-electron chi connectivity index (χ0n) is 18.4. The smallest absolute Gasteiger partial charge is 0.322 e. The summed E-state index contributed by atoms with van der Waals surface area (Å²) in [5, 5.41) is 9.94. The second kappa shape index (κ2) is 9.75. The van der Waals surface area contributed by atoms with E-state index in [1.54, 1.807) is 61.6 Å². The van der Waals surface area contributed by atoms with Crippen LogP contribution in [0.1, 0.15) is 16.8 Å². The van der Waals surface area contributed by atoms with Crippen LogP contribution in [0.2, 0.25) is 5.02 Å². The first-order valence-corrected chi connectivity index (χ1v) is 10.8. The Morgan fingerprint density at radius 1 is 1.03 bits per heavy atom. The van der Waals surface area contributed by atoms with Crippen molar-refractivity contribution >= 4 is 40.6 Å². The maximum Gasteiger partial charge on any atom is 0.433 e. The number of hydrogen-bond donors (Lipinski definition) is 2. The molecule has 2 aromatic carbocycles. The van der Waals surface area contributed by atoms with Gasteiger partial charge in [-0.05, 0) is 30.7 Å². The molecule has 0 atom stereocenters. The number of carbonyl (C=O) groups is 2. The van der Waals surface area contributed by atoms with Crippen LogP contribution >= 0.6 is 11.6 Å². The lowest BCUT2D eigenvalue weighted by Crippen LogP contribution is -2.33. The standard InChI is InChI=1S/C24H19ClF3N5O2/c1-33-20(31-22(34)16-5-2-3-7-18(16)25)13-19(32-33)14-8-10-15(11-9-14)30-23(35)17-6-4-12-29-21(17)24(26,27)28/h2-3,5-11,13H,4,12H2,1H3,(H,30,35)(H,31,34). The van der Waals surface area contributed by atoms with E-state index in [0.29, 0.717) is 33.3 Å². The van der Waals surface area contributed by atoms with Crippen LogP contribution < -0.4 is 10.6 Å². The van der Waals surface area contributed by atoms with Gasteiger partial charge in [0.2, 0.25) is 0 Å². The number of hydrogen-bond acceptors (Lipinski definition) is 4. The summed E-state index contributed by atoms with van der Waals surface area (Å²) in [6.45, 7) is -0.00870. The second-order valence-electron chi connectivity index (χ2n) is 7.64. The first-order valence-electron chi connectivity index (χ1n) is 10.5. The number of dihydropyridines is 1. The van der Waals surface area contributed by atoms with Crippen molar-refractivity contribution in [2.75, 3.05) is 17.2 Å². The number of rotatable bonds is 5. The van der Waals surface area contributed by atoms with E-state index in [1.165, 1.54) is 10.8 Å². The zero-order chi connectivity index (χ0) is 25.2. The number of alkyl halides is 3. The Morgan fingerprint density at radius 3 is 2.43 bits per heavy atom. The Kier molecular flexibility index (Phi) is 6.74. The predicted molar refractivity (Wildman–Crippen MR) is 128 cm³/mol. The molecule has 1 aliphatic heterocycles. The highest BCUT2D eigenvalue weighted by Gasteiger charge is 2.41. The summed E-state index contributed by atoms with van der Waals surface area (Å²) in [7, 11) is 1.66. The highest BCUT2D eigenvalue weighted by atomic mass is 35.5. The van der Waals surface area contributed by atoms with Crippen molar-refractivity contribution in [1.29, 1.82) is 0 Å². The number of aromatic nitrogens is 2. The van der Waals surface area contributed by atoms with Gasteiger partial charge in [0.1, 0.15) is 5.82 Å². The van der Waals surface area contributed by atoms with Gasteiger partial charge in [-0.2, -0.15) is 18.3 Å². The summed E-state index contributed by atoms with van der Waals surface area (Å²) in [4.78, 5) is 28.4. The minimum Gasteiger partial charge on any atom is -0.322 e. The first-order chi connectivity index (χ1) is 16.6. The lowest BCUT2D eigenvalue weighted by molar-refractivity contribution is -0.113. The van der Waals surface area contributed by atoms with E-state index < -0.39 is 23.4 Å². The van der Waals surface area contributed by atoms with Crippen LogP contribution in [0, 0.1) is 0 Å². The number of carbonyl (C=O) groups excluding carboxylic acids is 2. The number of benzene rings is 2. The summed E-state index contributed by atoms with van der Waals surface area (Å²) < 4.78 is 41.0. The normalized spacial score (nSPS) is 13.6. The van der Waals surface area contributed by atoms with Crippen LogP contribution in [-0.2, 0) is 11.8 Å². The molecule has 0 radical (unpaired) electrons. The molecule has 0 spiro atoms. The van der Waals surface area contributed by atoms with Crippen molar-refractivity contribution in [3.05, 3.63) is 76.8 Å². The third-order valence-corrected chi connectivity index (χ3v) is 5.52. The van der Waals surface area contributed by atoms with E-state index in [2.05, 4.69) is 20.7 Å². The molecule has 0 saturated heterocycles. The molecule has 1 aliphatic rings. The molecule has 7 nitrogen and oxygen atoms in total. The molecule has 1 aromatic heterocycles. The maximum atomic E-state index is 13.2. The number of nitrogens with zero attached hydrogens (tertiary/aromatic N) is 3. The van der Waals surface area contributed by atoms with Crippen molar-refractivity contribution in [2.24, 2.45) is 12.0 Å². The number of anilines is 2. The zero-order valence-corrected chi connectivity index (χ0v) is 19.1. The molecule has 180 valence electrons. The van der Waals surface area contributed by atoms with Crippen molar-refractivity contribution in [3.8, 4) is 11.3 Å². The molecule has 0 bridgehead atoms. The third kappa shape index (κ3) is 5.43. The van der Waals surface area contributed by atoms with Crippen LogP contribution in [0.15, 0.2) is 71.2 Å². The van der Waals surface area contributed by atoms with Gasteiger partial charge in [-0.15, -0.1) is 0 Å². The summed E-state index contributed by atoms with van der Waals surface area (Å²) in [6, 6.07) is 14.7. The third-order valence-electron chi connectivity index (χ3n) is 5.19. The van der Waals surface area contributed by atoms with Crippen LogP contribution in [-0.4, -0.2) is 40.0 Å². The lowest BCUT2D eigenvalue weighted by atomic mass is 10.0. The van der Waals surface area contributed by atoms with E-state index in [9.17, 15) is 22.8 Å². The fourth-order valence-electron chi connectivity index (χ4n) is 3.49. The number of aliphatic imine (C=N–C) groups is 1. The van der Waals surface area contributed by atoms with Crippen LogP contribution in [0.4, 0.5) is 24.7 Å². The monoisotopic (exact) mass is 501 g/mol. The van der Waals surface area contributed by atoms with Crippen LogP contribution in [0.5, 0.6) is 0 Å². The fourth-order valence-corrected chi connectivity index (χ4v) is 3.71. The van der Waals surface area contributed by atoms with Crippen LogP contribution in [0.25, 0.3) is 11.3 Å². The van der Waals surface area contributed by atoms with Gasteiger partial charge in [-0.25, -0.2) is 0 Å². The Labute approximate surface area is 203 Å². The Bertz CT molecular complexity index is 1340. The summed E-state index contributed by atoms with van der Waals surface area (Å²) >= 11 is 6.08. The average Bonchev–Trinajstić information content (AvgIpc) is 3.19. The van der Waals surface area contributed by atoms with E-state index in [4.69, 9.17) is 11.6 Å². The first kappa shape index (κ1) is 24.2. The quantitative estimate of drug-likeness (QED) is 0.499. The molecule has 0 unspecified atom stereocenters. The molecule has 2 heterocycles. The van der Waals surface area contributed by atoms with Crippen molar-refractivity contribution in [2.45, 2.75) is 12.6 Å². The van der Waals surface area contributed by atoms with Gasteiger partial charge in [0, 0.05) is 30.9 Å². The number of halogens is 4. The van der Waals surface area contributed by atoms with Crippen molar-refractivity contribution in [3.63, 3.8) is 0 Å². The van der Waals surface area contributed by atoms with E-state index in [-0.39, 0.29) is 18.9 Å². The minimum absolute atomic E-state index is 0.00870. The summed E-state index contributed by atoms with van der Waals surface area (Å²) in [6.07, 6.45) is -3.20. The topological polar surface area (TPSA) is 88.4 Å². The molecular weight excluding hydrogens is 483 g/mol. The highest BCUT2D eigenvalue weighted by Crippen LogP contribution is 2.27. The molecule has 0 aliphatic carbocycles. The number of aryl methyl sites for hydroxylation is 1. The fraction of sp³-hybridized carbons (Fsp3) is 0.167. The number of amides is 2. The molecule has 3 aromatic rings. The SMILES string of the molecule is Cn1nc(-c2ccc(NC(=O)C3=CCCN=C3C(F)(F)F)cc2)cc1NC(=O)c1ccccc1Cl. The van der Waals surface area contributed by atoms with Gasteiger partial charge in [-0.3, -0.25) is 19.3 Å². The molecule has 0 fully saturated rings. The van der Waals surface area contributed by atoms with Gasteiger partial charge < -0.3 is 10.6 Å². The minimum atomic E-state index is -4.70. The summed E-state index contributed by atoms with van der Waals surface area (Å²) in [5.41, 5.74) is 0.195. The predicted octanol–water partition coefficient (Wildman–Crippen LogP) is 5.26. The van der Waals surface area contributed by atoms with E-state index in [0.717, 1.165) is 0 Å². The lowest BCUT2D eigenvalue weighted by Gasteiger charge is -2.17. The molecule has 4 rings (SSSR count). The maximum absolute atomic E-state index is 13.2. The van der Waals surface area contributed by atoms with Crippen LogP contribution in [0.3, 0.4) is 0 Å².